The first-order valence-corrected chi connectivity index (χ1v) is 13.2. The molecule has 6 nitrogen and oxygen atoms in total. The fourth-order valence-electron chi connectivity index (χ4n) is 3.96. The monoisotopic (exact) mass is 459 g/mol. The molecule has 1 saturated heterocycles. The predicted octanol–water partition coefficient (Wildman–Crippen LogP) is 3.91. The first-order chi connectivity index (χ1) is 14.9. The quantitative estimate of drug-likeness (QED) is 0.534. The largest absolute Gasteiger partial charge is 0.388 e. The summed E-state index contributed by atoms with van der Waals surface area (Å²) in [5.41, 5.74) is 2.67. The van der Waals surface area contributed by atoms with Crippen LogP contribution in [-0.4, -0.2) is 56.9 Å². The smallest absolute Gasteiger partial charge is 0.232 e. The van der Waals surface area contributed by atoms with Crippen molar-refractivity contribution in [3.63, 3.8) is 0 Å². The van der Waals surface area contributed by atoms with Gasteiger partial charge in [0.15, 0.2) is 0 Å². The Hall–Kier alpha value is -2.13. The third-order valence-corrected chi connectivity index (χ3v) is 8.11. The lowest BCUT2D eigenvalue weighted by molar-refractivity contribution is 0.141. The molecular weight excluding hydrogens is 430 g/mol. The van der Waals surface area contributed by atoms with Crippen LogP contribution in [0.3, 0.4) is 0 Å². The molecule has 0 radical (unpaired) electrons. The Morgan fingerprint density at radius 2 is 1.87 bits per heavy atom. The molecule has 0 amide bonds. The van der Waals surface area contributed by atoms with Crippen LogP contribution in [0.2, 0.25) is 0 Å². The normalized spacial score (nSPS) is 16.5. The topological polar surface area (TPSA) is 72.9 Å². The number of anilines is 2. The number of benzene rings is 2. The summed E-state index contributed by atoms with van der Waals surface area (Å²) in [5.74, 6) is 0.0585. The van der Waals surface area contributed by atoms with Gasteiger partial charge < -0.3 is 10.0 Å². The minimum Gasteiger partial charge on any atom is -0.388 e. The van der Waals surface area contributed by atoms with Crippen molar-refractivity contribution in [1.82, 2.24) is 4.90 Å². The zero-order valence-corrected chi connectivity index (χ0v) is 19.3. The molecule has 4 rings (SSSR count). The van der Waals surface area contributed by atoms with E-state index in [9.17, 15) is 13.5 Å². The summed E-state index contributed by atoms with van der Waals surface area (Å²) < 4.78 is 27.5. The van der Waals surface area contributed by atoms with E-state index in [1.54, 1.807) is 24.3 Å². The average molecular weight is 460 g/mol. The molecule has 2 N–H and O–H groups in total. The second kappa shape index (κ2) is 9.56. The molecule has 0 spiro atoms. The van der Waals surface area contributed by atoms with Gasteiger partial charge in [-0.25, -0.2) is 8.42 Å². The summed E-state index contributed by atoms with van der Waals surface area (Å²) in [6.07, 6.45) is 0.270. The standard InChI is InChI=1S/C23H29N3O3S2/c1-2-31(28,29)24-18-6-5-7-19(16-18)26-14-12-25(13-15-26)11-10-22(27)21-17-30-23-9-4-3-8-20(21)23/h3-9,16-17,22,24,27H,2,10-15H2,1H3. The van der Waals surface area contributed by atoms with Crippen LogP contribution in [0.25, 0.3) is 10.1 Å². The summed E-state index contributed by atoms with van der Waals surface area (Å²) >= 11 is 1.68. The number of nitrogens with zero attached hydrogens (tertiary/aromatic N) is 2. The SMILES string of the molecule is CCS(=O)(=O)Nc1cccc(N2CCN(CCC(O)c3csc4ccccc34)CC2)c1. The molecule has 0 aliphatic carbocycles. The highest BCUT2D eigenvalue weighted by atomic mass is 32.2. The lowest BCUT2D eigenvalue weighted by atomic mass is 10.1. The number of rotatable bonds is 8. The van der Waals surface area contributed by atoms with Crippen LogP contribution in [-0.2, 0) is 10.0 Å². The molecule has 1 aliphatic heterocycles. The molecule has 1 aromatic heterocycles. The molecule has 0 saturated carbocycles. The maximum absolute atomic E-state index is 11.8. The molecule has 0 bridgehead atoms. The van der Waals surface area contributed by atoms with Crippen LogP contribution < -0.4 is 9.62 Å². The van der Waals surface area contributed by atoms with Crippen molar-refractivity contribution in [2.45, 2.75) is 19.4 Å². The van der Waals surface area contributed by atoms with Crippen molar-refractivity contribution in [3.8, 4) is 0 Å². The summed E-state index contributed by atoms with van der Waals surface area (Å²) in [7, 11) is -3.28. The zero-order valence-electron chi connectivity index (χ0n) is 17.7. The number of aliphatic hydroxyl groups excluding tert-OH is 1. The highest BCUT2D eigenvalue weighted by Gasteiger charge is 2.20. The Morgan fingerprint density at radius 3 is 2.65 bits per heavy atom. The van der Waals surface area contributed by atoms with E-state index in [0.717, 1.165) is 55.8 Å². The van der Waals surface area contributed by atoms with Crippen LogP contribution in [0, 0.1) is 0 Å². The zero-order chi connectivity index (χ0) is 21.8. The Balaban J connectivity index is 1.30. The number of thiophene rings is 1. The minimum atomic E-state index is -3.28. The molecule has 2 aromatic carbocycles. The average Bonchev–Trinajstić information content (AvgIpc) is 3.22. The van der Waals surface area contributed by atoms with E-state index in [4.69, 9.17) is 0 Å². The van der Waals surface area contributed by atoms with Crippen molar-refractivity contribution < 1.29 is 13.5 Å². The Morgan fingerprint density at radius 1 is 1.10 bits per heavy atom. The van der Waals surface area contributed by atoms with Gasteiger partial charge in [-0.2, -0.15) is 0 Å². The van der Waals surface area contributed by atoms with Gasteiger partial charge in [0, 0.05) is 43.1 Å². The number of fused-ring (bicyclic) bond motifs is 1. The van der Waals surface area contributed by atoms with Gasteiger partial charge in [0.25, 0.3) is 0 Å². The number of aliphatic hydroxyl groups is 1. The molecule has 3 aromatic rings. The molecule has 2 heterocycles. The molecule has 1 atom stereocenters. The third-order valence-electron chi connectivity index (χ3n) is 5.83. The van der Waals surface area contributed by atoms with Crippen LogP contribution in [0.5, 0.6) is 0 Å². The second-order valence-electron chi connectivity index (χ2n) is 7.88. The van der Waals surface area contributed by atoms with E-state index in [1.807, 2.05) is 30.3 Å². The number of hydrogen-bond donors (Lipinski definition) is 2. The van der Waals surface area contributed by atoms with Crippen molar-refractivity contribution in [3.05, 3.63) is 59.5 Å². The summed E-state index contributed by atoms with van der Waals surface area (Å²) in [5, 5.41) is 14.0. The summed E-state index contributed by atoms with van der Waals surface area (Å²) in [6.45, 7) is 6.08. The second-order valence-corrected chi connectivity index (χ2v) is 10.8. The van der Waals surface area contributed by atoms with Gasteiger partial charge in [0.1, 0.15) is 0 Å². The molecular formula is C23H29N3O3S2. The Labute approximate surface area is 188 Å². The maximum Gasteiger partial charge on any atom is 0.232 e. The van der Waals surface area contributed by atoms with Gasteiger partial charge in [-0.05, 0) is 53.9 Å². The van der Waals surface area contributed by atoms with Crippen molar-refractivity contribution in [2.24, 2.45) is 0 Å². The van der Waals surface area contributed by atoms with E-state index in [2.05, 4.69) is 32.0 Å². The summed E-state index contributed by atoms with van der Waals surface area (Å²) in [6, 6.07) is 15.8. The molecule has 8 heteroatoms. The molecule has 31 heavy (non-hydrogen) atoms. The fourth-order valence-corrected chi connectivity index (χ4v) is 5.60. The minimum absolute atomic E-state index is 0.0585. The third kappa shape index (κ3) is 5.38. The van der Waals surface area contributed by atoms with Gasteiger partial charge in [-0.3, -0.25) is 9.62 Å². The first kappa shape index (κ1) is 22.1. The van der Waals surface area contributed by atoms with E-state index in [1.165, 1.54) is 4.70 Å². The molecule has 1 fully saturated rings. The van der Waals surface area contributed by atoms with Crippen LogP contribution >= 0.6 is 11.3 Å². The molecule has 1 unspecified atom stereocenters. The molecule has 166 valence electrons. The number of nitrogens with one attached hydrogen (secondary N) is 1. The van der Waals surface area contributed by atoms with E-state index in [-0.39, 0.29) is 5.75 Å². The van der Waals surface area contributed by atoms with Crippen LogP contribution in [0.15, 0.2) is 53.9 Å². The van der Waals surface area contributed by atoms with Crippen LogP contribution in [0.4, 0.5) is 11.4 Å². The van der Waals surface area contributed by atoms with Gasteiger partial charge >= 0.3 is 0 Å². The molecule has 1 aliphatic rings. The predicted molar refractivity (Wildman–Crippen MR) is 130 cm³/mol. The van der Waals surface area contributed by atoms with Crippen molar-refractivity contribution >= 4 is 42.8 Å². The number of piperazine rings is 1. The van der Waals surface area contributed by atoms with Crippen LogP contribution in [0.1, 0.15) is 25.0 Å². The number of hydrogen-bond acceptors (Lipinski definition) is 6. The lowest BCUT2D eigenvalue weighted by Crippen LogP contribution is -2.46. The highest BCUT2D eigenvalue weighted by molar-refractivity contribution is 7.92. The van der Waals surface area contributed by atoms with Gasteiger partial charge in [-0.1, -0.05) is 24.3 Å². The Kier molecular flexibility index (Phi) is 6.81. The van der Waals surface area contributed by atoms with E-state index >= 15 is 0 Å². The van der Waals surface area contributed by atoms with E-state index < -0.39 is 16.1 Å². The Bertz CT molecular complexity index is 1120. The van der Waals surface area contributed by atoms with E-state index in [0.29, 0.717) is 5.69 Å². The highest BCUT2D eigenvalue weighted by Crippen LogP contribution is 2.31. The van der Waals surface area contributed by atoms with Crippen molar-refractivity contribution in [1.29, 1.82) is 0 Å². The van der Waals surface area contributed by atoms with Gasteiger partial charge in [-0.15, -0.1) is 11.3 Å². The number of sulfonamides is 1. The summed E-state index contributed by atoms with van der Waals surface area (Å²) in [4.78, 5) is 4.67. The first-order valence-electron chi connectivity index (χ1n) is 10.7. The fraction of sp³-hybridized carbons (Fsp3) is 0.391. The maximum atomic E-state index is 11.8. The van der Waals surface area contributed by atoms with Crippen molar-refractivity contribution in [2.75, 3.05) is 48.1 Å². The van der Waals surface area contributed by atoms with Gasteiger partial charge in [0.05, 0.1) is 17.5 Å². The van der Waals surface area contributed by atoms with Gasteiger partial charge in [0.2, 0.25) is 10.0 Å². The lowest BCUT2D eigenvalue weighted by Gasteiger charge is -2.36.